The van der Waals surface area contributed by atoms with E-state index in [-0.39, 0.29) is 0 Å². The monoisotopic (exact) mass is 320 g/mol. The van der Waals surface area contributed by atoms with E-state index in [0.29, 0.717) is 4.68 Å². The SMILES string of the molecule is CC(C)(C)n1nc(Br)c(C(F)F)c1C(F)(F)F. The molecule has 0 bridgehead atoms. The molecule has 1 aromatic rings. The molecule has 0 spiro atoms. The Labute approximate surface area is 103 Å². The van der Waals surface area contributed by atoms with E-state index >= 15 is 0 Å². The lowest BCUT2D eigenvalue weighted by Gasteiger charge is -2.23. The summed E-state index contributed by atoms with van der Waals surface area (Å²) >= 11 is 2.64. The Morgan fingerprint density at radius 3 is 1.94 bits per heavy atom. The van der Waals surface area contributed by atoms with Gasteiger partial charge in [0.15, 0.2) is 5.69 Å². The fourth-order valence-electron chi connectivity index (χ4n) is 1.36. The van der Waals surface area contributed by atoms with Gasteiger partial charge in [-0.25, -0.2) is 8.78 Å². The molecular weight excluding hydrogens is 311 g/mol. The lowest BCUT2D eigenvalue weighted by molar-refractivity contribution is -0.148. The Morgan fingerprint density at radius 2 is 1.65 bits per heavy atom. The second-order valence-corrected chi connectivity index (χ2v) is 5.19. The molecule has 17 heavy (non-hydrogen) atoms. The molecule has 0 saturated carbocycles. The van der Waals surface area contributed by atoms with Gasteiger partial charge in [-0.3, -0.25) is 4.68 Å². The van der Waals surface area contributed by atoms with E-state index in [1.807, 2.05) is 0 Å². The van der Waals surface area contributed by atoms with Crippen LogP contribution in [0.1, 0.15) is 38.5 Å². The zero-order valence-electron chi connectivity index (χ0n) is 9.24. The molecule has 0 saturated heterocycles. The fourth-order valence-corrected chi connectivity index (χ4v) is 1.87. The second kappa shape index (κ2) is 4.22. The lowest BCUT2D eigenvalue weighted by Crippen LogP contribution is -2.29. The minimum Gasteiger partial charge on any atom is -0.254 e. The van der Waals surface area contributed by atoms with Crippen molar-refractivity contribution in [1.82, 2.24) is 9.78 Å². The standard InChI is InChI=1S/C9H10BrF5N2/c1-8(2,3)17-5(9(13,14)15)4(7(11)12)6(10)16-17/h7H,1-3H3. The Bertz CT molecular complexity index is 416. The highest BCUT2D eigenvalue weighted by molar-refractivity contribution is 9.10. The number of halogens is 6. The molecule has 0 aliphatic rings. The van der Waals surface area contributed by atoms with E-state index in [1.54, 1.807) is 0 Å². The largest absolute Gasteiger partial charge is 0.433 e. The van der Waals surface area contributed by atoms with Crippen LogP contribution in [-0.4, -0.2) is 9.78 Å². The molecule has 0 aliphatic heterocycles. The van der Waals surface area contributed by atoms with Crippen LogP contribution in [0.2, 0.25) is 0 Å². The van der Waals surface area contributed by atoms with Crippen molar-refractivity contribution in [3.8, 4) is 0 Å². The summed E-state index contributed by atoms with van der Waals surface area (Å²) in [5, 5.41) is 3.50. The number of rotatable bonds is 1. The van der Waals surface area contributed by atoms with Gasteiger partial charge in [0.2, 0.25) is 0 Å². The maximum atomic E-state index is 12.8. The molecule has 0 atom stereocenters. The third kappa shape index (κ3) is 2.78. The minimum absolute atomic E-state index is 0.477. The molecule has 0 amide bonds. The molecule has 1 rings (SSSR count). The molecule has 1 heterocycles. The summed E-state index contributed by atoms with van der Waals surface area (Å²) in [5.74, 6) is 0. The van der Waals surface area contributed by atoms with Gasteiger partial charge in [0.05, 0.1) is 11.1 Å². The topological polar surface area (TPSA) is 17.8 Å². The molecule has 1 aromatic heterocycles. The van der Waals surface area contributed by atoms with E-state index in [4.69, 9.17) is 0 Å². The molecule has 0 aromatic carbocycles. The first-order valence-corrected chi connectivity index (χ1v) is 5.39. The Balaban J connectivity index is 3.60. The van der Waals surface area contributed by atoms with Gasteiger partial charge in [-0.2, -0.15) is 18.3 Å². The van der Waals surface area contributed by atoms with Crippen molar-refractivity contribution in [1.29, 1.82) is 0 Å². The predicted molar refractivity (Wildman–Crippen MR) is 54.9 cm³/mol. The summed E-state index contributed by atoms with van der Waals surface area (Å²) < 4.78 is 63.8. The van der Waals surface area contributed by atoms with E-state index in [9.17, 15) is 22.0 Å². The average molecular weight is 321 g/mol. The summed E-state index contributed by atoms with van der Waals surface area (Å²) in [6.07, 6.45) is -8.12. The van der Waals surface area contributed by atoms with Gasteiger partial charge in [-0.15, -0.1) is 0 Å². The Hall–Kier alpha value is -0.660. The van der Waals surface area contributed by atoms with Crippen molar-refractivity contribution in [2.45, 2.75) is 38.9 Å². The van der Waals surface area contributed by atoms with Crippen molar-refractivity contribution < 1.29 is 22.0 Å². The van der Waals surface area contributed by atoms with Gasteiger partial charge in [-0.1, -0.05) is 0 Å². The first-order valence-electron chi connectivity index (χ1n) is 4.60. The van der Waals surface area contributed by atoms with Crippen LogP contribution < -0.4 is 0 Å². The first kappa shape index (κ1) is 14.4. The van der Waals surface area contributed by atoms with Crippen LogP contribution in [0.5, 0.6) is 0 Å². The summed E-state index contributed by atoms with van der Waals surface area (Å²) in [6.45, 7) is 4.37. The predicted octanol–water partition coefficient (Wildman–Crippen LogP) is 4.36. The van der Waals surface area contributed by atoms with Gasteiger partial charge in [0.25, 0.3) is 6.43 Å². The Kier molecular flexibility index (Phi) is 3.58. The Morgan fingerprint density at radius 1 is 1.18 bits per heavy atom. The van der Waals surface area contributed by atoms with Crippen LogP contribution in [0.15, 0.2) is 4.60 Å². The molecule has 0 aliphatic carbocycles. The van der Waals surface area contributed by atoms with Crippen molar-refractivity contribution in [2.75, 3.05) is 0 Å². The van der Waals surface area contributed by atoms with Crippen molar-refractivity contribution in [2.24, 2.45) is 0 Å². The summed E-state index contributed by atoms with van der Waals surface area (Å²) in [6, 6.07) is 0. The third-order valence-corrected chi connectivity index (χ3v) is 2.58. The molecule has 0 fully saturated rings. The van der Waals surface area contributed by atoms with Gasteiger partial charge in [0, 0.05) is 0 Å². The zero-order valence-corrected chi connectivity index (χ0v) is 10.8. The number of nitrogens with zero attached hydrogens (tertiary/aromatic N) is 2. The van der Waals surface area contributed by atoms with Gasteiger partial charge in [-0.05, 0) is 36.7 Å². The number of hydrogen-bond donors (Lipinski definition) is 0. The number of hydrogen-bond acceptors (Lipinski definition) is 1. The summed E-state index contributed by atoms with van der Waals surface area (Å²) in [4.78, 5) is 0. The van der Waals surface area contributed by atoms with Crippen molar-refractivity contribution in [3.63, 3.8) is 0 Å². The molecule has 98 valence electrons. The van der Waals surface area contributed by atoms with Gasteiger partial charge < -0.3 is 0 Å². The van der Waals surface area contributed by atoms with Crippen LogP contribution in [0, 0.1) is 0 Å². The van der Waals surface area contributed by atoms with E-state index in [0.717, 1.165) is 0 Å². The van der Waals surface area contributed by atoms with Crippen LogP contribution in [-0.2, 0) is 11.7 Å². The molecule has 2 nitrogen and oxygen atoms in total. The molecule has 8 heteroatoms. The van der Waals surface area contributed by atoms with Gasteiger partial charge in [0.1, 0.15) is 4.60 Å². The quantitative estimate of drug-likeness (QED) is 0.703. The lowest BCUT2D eigenvalue weighted by atomic mass is 10.1. The van der Waals surface area contributed by atoms with E-state index in [2.05, 4.69) is 21.0 Å². The molecule has 0 radical (unpaired) electrons. The van der Waals surface area contributed by atoms with Crippen LogP contribution >= 0.6 is 15.9 Å². The first-order chi connectivity index (χ1) is 7.46. The normalized spacial score (nSPS) is 13.5. The van der Waals surface area contributed by atoms with Crippen molar-refractivity contribution in [3.05, 3.63) is 15.9 Å². The minimum atomic E-state index is -4.88. The highest BCUT2D eigenvalue weighted by Gasteiger charge is 2.44. The van der Waals surface area contributed by atoms with Crippen LogP contribution in [0.25, 0.3) is 0 Å². The molecule has 0 unspecified atom stereocenters. The van der Waals surface area contributed by atoms with Gasteiger partial charge >= 0.3 is 6.18 Å². The third-order valence-electron chi connectivity index (χ3n) is 2.00. The average Bonchev–Trinajstić information content (AvgIpc) is 2.40. The molecule has 0 N–H and O–H groups in total. The zero-order chi connectivity index (χ0) is 13.6. The highest BCUT2D eigenvalue weighted by Crippen LogP contribution is 2.41. The highest BCUT2D eigenvalue weighted by atomic mass is 79.9. The number of alkyl halides is 5. The summed E-state index contributed by atoms with van der Waals surface area (Å²) in [7, 11) is 0. The second-order valence-electron chi connectivity index (χ2n) is 4.43. The number of aromatic nitrogens is 2. The van der Waals surface area contributed by atoms with Crippen LogP contribution in [0.3, 0.4) is 0 Å². The maximum Gasteiger partial charge on any atom is 0.433 e. The summed E-state index contributed by atoms with van der Waals surface area (Å²) in [5.41, 5.74) is -3.57. The molecular formula is C9H10BrF5N2. The van der Waals surface area contributed by atoms with E-state index < -0.39 is 34.0 Å². The smallest absolute Gasteiger partial charge is 0.254 e. The van der Waals surface area contributed by atoms with Crippen LogP contribution in [0.4, 0.5) is 22.0 Å². The van der Waals surface area contributed by atoms with E-state index in [1.165, 1.54) is 20.8 Å². The maximum absolute atomic E-state index is 12.8. The van der Waals surface area contributed by atoms with Crippen molar-refractivity contribution >= 4 is 15.9 Å². The fraction of sp³-hybridized carbons (Fsp3) is 0.667.